The lowest BCUT2D eigenvalue weighted by Crippen LogP contribution is -2.33. The van der Waals surface area contributed by atoms with Crippen molar-refractivity contribution in [3.05, 3.63) is 0 Å². The summed E-state index contributed by atoms with van der Waals surface area (Å²) in [4.78, 5) is 2.41. The number of aliphatic hydroxyl groups is 1. The van der Waals surface area contributed by atoms with Gasteiger partial charge in [-0.2, -0.15) is 0 Å². The van der Waals surface area contributed by atoms with Crippen LogP contribution < -0.4 is 5.73 Å². The van der Waals surface area contributed by atoms with Gasteiger partial charge in [0.25, 0.3) is 0 Å². The maximum absolute atomic E-state index is 9.41. The maximum Gasteiger partial charge on any atom is 0.0679 e. The zero-order valence-electron chi connectivity index (χ0n) is 8.86. The van der Waals surface area contributed by atoms with E-state index >= 15 is 0 Å². The molecule has 2 rings (SSSR count). The van der Waals surface area contributed by atoms with Crippen LogP contribution in [0.25, 0.3) is 0 Å². The summed E-state index contributed by atoms with van der Waals surface area (Å²) < 4.78 is 0. The number of nitrogens with zero attached hydrogens (tertiary/aromatic N) is 1. The highest BCUT2D eigenvalue weighted by Gasteiger charge is 2.25. The van der Waals surface area contributed by atoms with Crippen LogP contribution in [0, 0.1) is 5.92 Å². The van der Waals surface area contributed by atoms with Gasteiger partial charge in [0.05, 0.1) is 6.10 Å². The molecular formula is C11H22N2O. The van der Waals surface area contributed by atoms with E-state index in [1.165, 1.54) is 32.2 Å². The summed E-state index contributed by atoms with van der Waals surface area (Å²) in [7, 11) is 0. The Bertz CT molecular complexity index is 178. The lowest BCUT2D eigenvalue weighted by Gasteiger charge is -2.29. The number of hydrogen-bond acceptors (Lipinski definition) is 3. The SMILES string of the molecule is NC1CCC(CN2CCC(O)C2)CC1. The van der Waals surface area contributed by atoms with Crippen molar-refractivity contribution in [3.8, 4) is 0 Å². The molecule has 0 radical (unpaired) electrons. The highest BCUT2D eigenvalue weighted by Crippen LogP contribution is 2.25. The zero-order valence-corrected chi connectivity index (χ0v) is 8.86. The van der Waals surface area contributed by atoms with Crippen molar-refractivity contribution in [3.63, 3.8) is 0 Å². The first-order valence-electron chi connectivity index (χ1n) is 5.90. The molecule has 0 aromatic carbocycles. The van der Waals surface area contributed by atoms with Crippen LogP contribution in [-0.2, 0) is 0 Å². The van der Waals surface area contributed by atoms with Gasteiger partial charge >= 0.3 is 0 Å². The molecule has 82 valence electrons. The van der Waals surface area contributed by atoms with Crippen molar-refractivity contribution in [1.29, 1.82) is 0 Å². The minimum absolute atomic E-state index is 0.0687. The Morgan fingerprint density at radius 3 is 2.43 bits per heavy atom. The molecule has 14 heavy (non-hydrogen) atoms. The monoisotopic (exact) mass is 198 g/mol. The van der Waals surface area contributed by atoms with Crippen molar-refractivity contribution < 1.29 is 5.11 Å². The smallest absolute Gasteiger partial charge is 0.0679 e. The molecule has 1 unspecified atom stereocenters. The van der Waals surface area contributed by atoms with Crippen LogP contribution in [0.1, 0.15) is 32.1 Å². The van der Waals surface area contributed by atoms with Crippen LogP contribution in [0.5, 0.6) is 0 Å². The second-order valence-electron chi connectivity index (χ2n) is 4.98. The van der Waals surface area contributed by atoms with E-state index < -0.39 is 0 Å². The van der Waals surface area contributed by atoms with E-state index in [2.05, 4.69) is 4.90 Å². The lowest BCUT2D eigenvalue weighted by molar-refractivity contribution is 0.162. The fourth-order valence-electron chi connectivity index (χ4n) is 2.71. The van der Waals surface area contributed by atoms with Gasteiger partial charge in [-0.25, -0.2) is 0 Å². The minimum atomic E-state index is -0.0687. The summed E-state index contributed by atoms with van der Waals surface area (Å²) in [5.74, 6) is 0.833. The van der Waals surface area contributed by atoms with E-state index in [-0.39, 0.29) is 6.10 Å². The molecule has 3 N–H and O–H groups in total. The third-order valence-electron chi connectivity index (χ3n) is 3.66. The predicted octanol–water partition coefficient (Wildman–Crippen LogP) is 0.570. The summed E-state index contributed by atoms with van der Waals surface area (Å²) in [6.45, 7) is 3.16. The minimum Gasteiger partial charge on any atom is -0.392 e. The second kappa shape index (κ2) is 4.60. The van der Waals surface area contributed by atoms with E-state index in [4.69, 9.17) is 5.73 Å². The van der Waals surface area contributed by atoms with Crippen molar-refractivity contribution in [2.45, 2.75) is 44.2 Å². The molecule has 1 saturated carbocycles. The Labute approximate surface area is 86.3 Å². The van der Waals surface area contributed by atoms with Gasteiger partial charge in [-0.3, -0.25) is 0 Å². The van der Waals surface area contributed by atoms with Crippen LogP contribution in [-0.4, -0.2) is 41.8 Å². The molecule has 1 saturated heterocycles. The molecule has 2 aliphatic rings. The van der Waals surface area contributed by atoms with Crippen molar-refractivity contribution >= 4 is 0 Å². The van der Waals surface area contributed by atoms with Gasteiger partial charge in [-0.15, -0.1) is 0 Å². The van der Waals surface area contributed by atoms with Crippen molar-refractivity contribution in [2.24, 2.45) is 11.7 Å². The molecule has 1 heterocycles. The third kappa shape index (κ3) is 2.69. The highest BCUT2D eigenvalue weighted by molar-refractivity contribution is 4.80. The fourth-order valence-corrected chi connectivity index (χ4v) is 2.71. The molecule has 0 spiro atoms. The number of nitrogens with two attached hydrogens (primary N) is 1. The van der Waals surface area contributed by atoms with Gasteiger partial charge < -0.3 is 15.7 Å². The number of likely N-dealkylation sites (tertiary alicyclic amines) is 1. The van der Waals surface area contributed by atoms with Gasteiger partial charge in [0.2, 0.25) is 0 Å². The summed E-state index contributed by atoms with van der Waals surface area (Å²) in [5, 5.41) is 9.41. The Kier molecular flexibility index (Phi) is 3.42. The van der Waals surface area contributed by atoms with Gasteiger partial charge in [0.15, 0.2) is 0 Å². The fraction of sp³-hybridized carbons (Fsp3) is 1.00. The largest absolute Gasteiger partial charge is 0.392 e. The normalized spacial score (nSPS) is 40.3. The van der Waals surface area contributed by atoms with Crippen LogP contribution in [0.15, 0.2) is 0 Å². The first-order chi connectivity index (χ1) is 6.74. The van der Waals surface area contributed by atoms with E-state index in [0.717, 1.165) is 25.4 Å². The number of rotatable bonds is 2. The van der Waals surface area contributed by atoms with E-state index in [1.54, 1.807) is 0 Å². The van der Waals surface area contributed by atoms with Gasteiger partial charge in [-0.1, -0.05) is 0 Å². The Hall–Kier alpha value is -0.120. The second-order valence-corrected chi connectivity index (χ2v) is 4.98. The van der Waals surface area contributed by atoms with E-state index in [9.17, 15) is 5.11 Å². The highest BCUT2D eigenvalue weighted by atomic mass is 16.3. The number of aliphatic hydroxyl groups excluding tert-OH is 1. The summed E-state index contributed by atoms with van der Waals surface area (Å²) in [6, 6.07) is 0.454. The molecule has 0 bridgehead atoms. The Morgan fingerprint density at radius 1 is 1.14 bits per heavy atom. The average Bonchev–Trinajstić information content (AvgIpc) is 2.56. The van der Waals surface area contributed by atoms with Crippen LogP contribution in [0.2, 0.25) is 0 Å². The quantitative estimate of drug-likeness (QED) is 0.682. The Balaban J connectivity index is 1.70. The van der Waals surface area contributed by atoms with Crippen LogP contribution in [0.3, 0.4) is 0 Å². The molecule has 1 aliphatic carbocycles. The molecule has 3 heteroatoms. The molecule has 2 fully saturated rings. The first kappa shape index (κ1) is 10.4. The molecule has 0 aromatic heterocycles. The predicted molar refractivity (Wildman–Crippen MR) is 57.0 cm³/mol. The zero-order chi connectivity index (χ0) is 9.97. The molecular weight excluding hydrogens is 176 g/mol. The topological polar surface area (TPSA) is 49.5 Å². The molecule has 1 atom stereocenters. The number of β-amino-alcohol motifs (C(OH)–C–C–N with tert-alkyl or cyclic N) is 1. The lowest BCUT2D eigenvalue weighted by atomic mass is 9.86. The summed E-state index contributed by atoms with van der Waals surface area (Å²) in [6.07, 6.45) is 5.86. The molecule has 0 amide bonds. The van der Waals surface area contributed by atoms with Crippen molar-refractivity contribution in [2.75, 3.05) is 19.6 Å². The average molecular weight is 198 g/mol. The standard InChI is InChI=1S/C11H22N2O/c12-10-3-1-9(2-4-10)7-13-6-5-11(14)8-13/h9-11,14H,1-8,12H2. The van der Waals surface area contributed by atoms with Gasteiger partial charge in [0.1, 0.15) is 0 Å². The van der Waals surface area contributed by atoms with Crippen LogP contribution in [0.4, 0.5) is 0 Å². The summed E-state index contributed by atoms with van der Waals surface area (Å²) in [5.41, 5.74) is 5.87. The van der Waals surface area contributed by atoms with Gasteiger partial charge in [-0.05, 0) is 38.0 Å². The van der Waals surface area contributed by atoms with E-state index in [1.807, 2.05) is 0 Å². The maximum atomic E-state index is 9.41. The third-order valence-corrected chi connectivity index (χ3v) is 3.66. The van der Waals surface area contributed by atoms with Gasteiger partial charge in [0, 0.05) is 25.7 Å². The first-order valence-corrected chi connectivity index (χ1v) is 5.90. The van der Waals surface area contributed by atoms with Crippen LogP contribution >= 0.6 is 0 Å². The molecule has 3 nitrogen and oxygen atoms in total. The molecule has 0 aromatic rings. The summed E-state index contributed by atoms with van der Waals surface area (Å²) >= 11 is 0. The van der Waals surface area contributed by atoms with E-state index in [0.29, 0.717) is 6.04 Å². The van der Waals surface area contributed by atoms with Crippen molar-refractivity contribution in [1.82, 2.24) is 4.90 Å². The molecule has 1 aliphatic heterocycles. The Morgan fingerprint density at radius 2 is 1.86 bits per heavy atom. The number of hydrogen-bond donors (Lipinski definition) is 2.